The average Bonchev–Trinajstić information content (AvgIpc) is 3.14. The molecule has 0 saturated carbocycles. The maximum Gasteiger partial charge on any atom is 0.259 e. The fraction of sp³-hybridized carbons (Fsp3) is 0.158. The third-order valence-corrected chi connectivity index (χ3v) is 3.48. The molecule has 3 rings (SSSR count). The van der Waals surface area contributed by atoms with Crippen LogP contribution in [0.2, 0.25) is 0 Å². The van der Waals surface area contributed by atoms with Crippen LogP contribution in [-0.4, -0.2) is 17.5 Å². The van der Waals surface area contributed by atoms with E-state index >= 15 is 0 Å². The molecule has 122 valence electrons. The Morgan fingerprint density at radius 2 is 1.96 bits per heavy atom. The minimum absolute atomic E-state index is 0.145. The summed E-state index contributed by atoms with van der Waals surface area (Å²) >= 11 is 0. The SMILES string of the molecule is CCOc1ccc(C(=O)N(Cc2ccco2)c2ccccn2)cc1. The number of anilines is 1. The van der Waals surface area contributed by atoms with E-state index < -0.39 is 0 Å². The first-order valence-corrected chi connectivity index (χ1v) is 7.76. The fourth-order valence-corrected chi connectivity index (χ4v) is 2.34. The zero-order valence-corrected chi connectivity index (χ0v) is 13.4. The molecule has 3 aromatic rings. The number of carbonyl (C=O) groups is 1. The molecule has 2 heterocycles. The molecule has 0 radical (unpaired) electrons. The van der Waals surface area contributed by atoms with Crippen LogP contribution < -0.4 is 9.64 Å². The number of hydrogen-bond acceptors (Lipinski definition) is 4. The molecule has 0 spiro atoms. The van der Waals surface area contributed by atoms with E-state index in [1.807, 2.05) is 25.1 Å². The molecule has 0 aliphatic carbocycles. The van der Waals surface area contributed by atoms with Crippen LogP contribution in [0, 0.1) is 0 Å². The molecular formula is C19H18N2O3. The number of rotatable bonds is 6. The summed E-state index contributed by atoms with van der Waals surface area (Å²) in [5, 5.41) is 0. The number of hydrogen-bond donors (Lipinski definition) is 0. The van der Waals surface area contributed by atoms with Gasteiger partial charge in [0, 0.05) is 11.8 Å². The second-order valence-electron chi connectivity index (χ2n) is 5.12. The molecule has 2 aromatic heterocycles. The Morgan fingerprint density at radius 3 is 2.58 bits per heavy atom. The van der Waals surface area contributed by atoms with Crippen molar-refractivity contribution in [3.63, 3.8) is 0 Å². The van der Waals surface area contributed by atoms with Crippen molar-refractivity contribution in [2.45, 2.75) is 13.5 Å². The van der Waals surface area contributed by atoms with Crippen LogP contribution in [0.3, 0.4) is 0 Å². The van der Waals surface area contributed by atoms with Gasteiger partial charge in [0.25, 0.3) is 5.91 Å². The number of pyridine rings is 1. The molecule has 1 amide bonds. The molecule has 0 N–H and O–H groups in total. The standard InChI is InChI=1S/C19H18N2O3/c1-2-23-16-10-8-15(9-11-16)19(22)21(14-17-6-5-13-24-17)18-7-3-4-12-20-18/h3-13H,2,14H2,1H3. The molecular weight excluding hydrogens is 304 g/mol. The number of benzene rings is 1. The molecule has 0 aliphatic rings. The van der Waals surface area contributed by atoms with Gasteiger partial charge in [0.2, 0.25) is 0 Å². The van der Waals surface area contributed by atoms with Crippen molar-refractivity contribution in [3.05, 3.63) is 78.4 Å². The monoisotopic (exact) mass is 322 g/mol. The predicted molar refractivity (Wildman–Crippen MR) is 91.1 cm³/mol. The zero-order chi connectivity index (χ0) is 16.8. The van der Waals surface area contributed by atoms with Crippen molar-refractivity contribution in [2.24, 2.45) is 0 Å². The van der Waals surface area contributed by atoms with Gasteiger partial charge in [-0.15, -0.1) is 0 Å². The Bertz CT molecular complexity index is 768. The molecule has 0 saturated heterocycles. The van der Waals surface area contributed by atoms with Gasteiger partial charge in [0.05, 0.1) is 19.4 Å². The number of amides is 1. The Morgan fingerprint density at radius 1 is 1.12 bits per heavy atom. The van der Waals surface area contributed by atoms with Gasteiger partial charge in [-0.2, -0.15) is 0 Å². The van der Waals surface area contributed by atoms with Gasteiger partial charge in [0.15, 0.2) is 0 Å². The molecule has 5 nitrogen and oxygen atoms in total. The van der Waals surface area contributed by atoms with Crippen LogP contribution in [-0.2, 0) is 6.54 Å². The van der Waals surface area contributed by atoms with Crippen LogP contribution in [0.1, 0.15) is 23.0 Å². The highest BCUT2D eigenvalue weighted by Crippen LogP contribution is 2.20. The lowest BCUT2D eigenvalue weighted by Gasteiger charge is -2.21. The fourth-order valence-electron chi connectivity index (χ4n) is 2.34. The molecule has 5 heteroatoms. The number of furan rings is 1. The minimum Gasteiger partial charge on any atom is -0.494 e. The molecule has 0 atom stereocenters. The highest BCUT2D eigenvalue weighted by atomic mass is 16.5. The lowest BCUT2D eigenvalue weighted by Crippen LogP contribution is -2.31. The van der Waals surface area contributed by atoms with Gasteiger partial charge in [-0.1, -0.05) is 6.07 Å². The molecule has 0 bridgehead atoms. The summed E-state index contributed by atoms with van der Waals surface area (Å²) in [4.78, 5) is 18.8. The van der Waals surface area contributed by atoms with E-state index in [0.717, 1.165) is 5.75 Å². The van der Waals surface area contributed by atoms with Crippen LogP contribution >= 0.6 is 0 Å². The maximum absolute atomic E-state index is 12.9. The van der Waals surface area contributed by atoms with Crippen LogP contribution in [0.4, 0.5) is 5.82 Å². The van der Waals surface area contributed by atoms with Gasteiger partial charge in [-0.25, -0.2) is 4.98 Å². The second-order valence-corrected chi connectivity index (χ2v) is 5.12. The van der Waals surface area contributed by atoms with Crippen molar-refractivity contribution < 1.29 is 13.9 Å². The zero-order valence-electron chi connectivity index (χ0n) is 13.4. The van der Waals surface area contributed by atoms with Gasteiger partial charge < -0.3 is 9.15 Å². The van der Waals surface area contributed by atoms with Crippen molar-refractivity contribution in [3.8, 4) is 5.75 Å². The first kappa shape index (κ1) is 15.8. The first-order chi connectivity index (χ1) is 11.8. The first-order valence-electron chi connectivity index (χ1n) is 7.76. The van der Waals surface area contributed by atoms with E-state index in [0.29, 0.717) is 30.3 Å². The summed E-state index contributed by atoms with van der Waals surface area (Å²) in [6, 6.07) is 16.2. The van der Waals surface area contributed by atoms with Crippen LogP contribution in [0.25, 0.3) is 0 Å². The molecule has 1 aromatic carbocycles. The summed E-state index contributed by atoms with van der Waals surface area (Å²) in [6.07, 6.45) is 3.25. The van der Waals surface area contributed by atoms with Gasteiger partial charge in [-0.05, 0) is 55.5 Å². The van der Waals surface area contributed by atoms with Crippen LogP contribution in [0.5, 0.6) is 5.75 Å². The van der Waals surface area contributed by atoms with Gasteiger partial charge in [-0.3, -0.25) is 9.69 Å². The Labute approximate surface area is 140 Å². The Kier molecular flexibility index (Phi) is 4.91. The van der Waals surface area contributed by atoms with Crippen molar-refractivity contribution >= 4 is 11.7 Å². The Hall–Kier alpha value is -3.08. The minimum atomic E-state index is -0.145. The quantitative estimate of drug-likeness (QED) is 0.690. The molecule has 0 aliphatic heterocycles. The van der Waals surface area contributed by atoms with E-state index in [2.05, 4.69) is 4.98 Å². The third-order valence-electron chi connectivity index (χ3n) is 3.48. The second kappa shape index (κ2) is 7.46. The number of carbonyl (C=O) groups excluding carboxylic acids is 1. The summed E-state index contributed by atoms with van der Waals surface area (Å²) < 4.78 is 10.8. The smallest absolute Gasteiger partial charge is 0.259 e. The summed E-state index contributed by atoms with van der Waals surface area (Å²) in [5.74, 6) is 1.87. The van der Waals surface area contributed by atoms with E-state index in [1.54, 1.807) is 53.8 Å². The number of nitrogens with zero attached hydrogens (tertiary/aromatic N) is 2. The normalized spacial score (nSPS) is 10.4. The van der Waals surface area contributed by atoms with E-state index in [-0.39, 0.29) is 5.91 Å². The van der Waals surface area contributed by atoms with E-state index in [1.165, 1.54) is 0 Å². The average molecular weight is 322 g/mol. The van der Waals surface area contributed by atoms with Gasteiger partial charge in [0.1, 0.15) is 17.3 Å². The lowest BCUT2D eigenvalue weighted by molar-refractivity contribution is 0.0982. The summed E-state index contributed by atoms with van der Waals surface area (Å²) in [5.41, 5.74) is 0.565. The molecule has 24 heavy (non-hydrogen) atoms. The maximum atomic E-state index is 12.9. The molecule has 0 fully saturated rings. The van der Waals surface area contributed by atoms with Gasteiger partial charge >= 0.3 is 0 Å². The van der Waals surface area contributed by atoms with Crippen LogP contribution in [0.15, 0.2) is 71.5 Å². The van der Waals surface area contributed by atoms with Crippen molar-refractivity contribution in [1.29, 1.82) is 0 Å². The topological polar surface area (TPSA) is 55.6 Å². The van der Waals surface area contributed by atoms with Crippen molar-refractivity contribution in [1.82, 2.24) is 4.98 Å². The summed E-state index contributed by atoms with van der Waals surface area (Å²) in [6.45, 7) is 2.83. The summed E-state index contributed by atoms with van der Waals surface area (Å²) in [7, 11) is 0. The number of ether oxygens (including phenoxy) is 1. The predicted octanol–water partition coefficient (Wildman–Crippen LogP) is 3.92. The highest BCUT2D eigenvalue weighted by Gasteiger charge is 2.20. The largest absolute Gasteiger partial charge is 0.494 e. The highest BCUT2D eigenvalue weighted by molar-refractivity contribution is 6.05. The molecule has 0 unspecified atom stereocenters. The van der Waals surface area contributed by atoms with Crippen molar-refractivity contribution in [2.75, 3.05) is 11.5 Å². The third kappa shape index (κ3) is 3.63. The van der Waals surface area contributed by atoms with E-state index in [9.17, 15) is 4.79 Å². The van der Waals surface area contributed by atoms with E-state index in [4.69, 9.17) is 9.15 Å². The number of aromatic nitrogens is 1. The lowest BCUT2D eigenvalue weighted by atomic mass is 10.2. The Balaban J connectivity index is 1.88.